The third-order valence-electron chi connectivity index (χ3n) is 4.23. The molecule has 2 aromatic carbocycles. The highest BCUT2D eigenvalue weighted by atomic mass is 32.2. The molecule has 1 amide bonds. The lowest BCUT2D eigenvalue weighted by Gasteiger charge is -2.28. The first kappa shape index (κ1) is 17.4. The molecule has 1 heterocycles. The van der Waals surface area contributed by atoms with Gasteiger partial charge in [-0.1, -0.05) is 6.07 Å². The van der Waals surface area contributed by atoms with Gasteiger partial charge in [-0.2, -0.15) is 0 Å². The number of benzene rings is 2. The summed E-state index contributed by atoms with van der Waals surface area (Å²) < 4.78 is 41.4. The van der Waals surface area contributed by atoms with Crippen LogP contribution in [-0.2, 0) is 21.2 Å². The van der Waals surface area contributed by atoms with E-state index in [2.05, 4.69) is 4.72 Å². The van der Waals surface area contributed by atoms with Crippen molar-refractivity contribution in [1.29, 1.82) is 0 Å². The Morgan fingerprint density at radius 1 is 1.20 bits per heavy atom. The Labute approximate surface area is 146 Å². The highest BCUT2D eigenvalue weighted by Gasteiger charge is 2.23. The van der Waals surface area contributed by atoms with Gasteiger partial charge in [0.2, 0.25) is 5.91 Å². The molecule has 0 atom stereocenters. The van der Waals surface area contributed by atoms with Gasteiger partial charge in [-0.15, -0.1) is 0 Å². The number of carbonyl (C=O) groups is 1. The Morgan fingerprint density at radius 2 is 1.96 bits per heavy atom. The Kier molecular flexibility index (Phi) is 4.51. The maximum atomic E-state index is 13.9. The van der Waals surface area contributed by atoms with Gasteiger partial charge in [0.05, 0.1) is 10.6 Å². The van der Waals surface area contributed by atoms with Crippen LogP contribution in [0.3, 0.4) is 0 Å². The van der Waals surface area contributed by atoms with Crippen LogP contribution in [0, 0.1) is 12.7 Å². The third-order valence-corrected chi connectivity index (χ3v) is 5.59. The number of nitrogens with zero attached hydrogens (tertiary/aromatic N) is 1. The first-order valence-corrected chi connectivity index (χ1v) is 9.46. The van der Waals surface area contributed by atoms with Crippen molar-refractivity contribution < 1.29 is 17.6 Å². The lowest BCUT2D eigenvalue weighted by atomic mass is 10.0. The van der Waals surface area contributed by atoms with Gasteiger partial charge >= 0.3 is 0 Å². The lowest BCUT2D eigenvalue weighted by molar-refractivity contribution is -0.116. The quantitative estimate of drug-likeness (QED) is 0.912. The molecule has 0 aromatic heterocycles. The van der Waals surface area contributed by atoms with Crippen LogP contribution in [0.5, 0.6) is 0 Å². The molecule has 0 saturated heterocycles. The Balaban J connectivity index is 1.94. The molecule has 5 nitrogen and oxygen atoms in total. The van der Waals surface area contributed by atoms with Gasteiger partial charge in [0.1, 0.15) is 5.82 Å². The van der Waals surface area contributed by atoms with Gasteiger partial charge in [0.15, 0.2) is 0 Å². The van der Waals surface area contributed by atoms with E-state index in [-0.39, 0.29) is 16.5 Å². The van der Waals surface area contributed by atoms with Crippen LogP contribution in [0.1, 0.15) is 24.5 Å². The minimum atomic E-state index is -3.91. The van der Waals surface area contributed by atoms with Crippen molar-refractivity contribution in [3.8, 4) is 0 Å². The van der Waals surface area contributed by atoms with E-state index in [1.807, 2.05) is 0 Å². The van der Waals surface area contributed by atoms with Crippen molar-refractivity contribution in [1.82, 2.24) is 0 Å². The molecule has 0 spiro atoms. The average Bonchev–Trinajstić information content (AvgIpc) is 2.56. The molecule has 0 radical (unpaired) electrons. The van der Waals surface area contributed by atoms with E-state index in [0.29, 0.717) is 18.5 Å². The second kappa shape index (κ2) is 6.48. The summed E-state index contributed by atoms with van der Waals surface area (Å²) in [6.45, 7) is 3.84. The number of hydrogen-bond acceptors (Lipinski definition) is 3. The van der Waals surface area contributed by atoms with Crippen LogP contribution in [0.25, 0.3) is 0 Å². The van der Waals surface area contributed by atoms with Crippen LogP contribution in [0.15, 0.2) is 41.3 Å². The van der Waals surface area contributed by atoms with E-state index in [1.54, 1.807) is 30.0 Å². The fourth-order valence-corrected chi connectivity index (χ4v) is 4.09. The summed E-state index contributed by atoms with van der Waals surface area (Å²) in [6.07, 6.45) is 1.47. The highest BCUT2D eigenvalue weighted by Crippen LogP contribution is 2.30. The van der Waals surface area contributed by atoms with E-state index >= 15 is 0 Å². The van der Waals surface area contributed by atoms with Gasteiger partial charge in [0, 0.05) is 19.2 Å². The monoisotopic (exact) mass is 362 g/mol. The zero-order valence-electron chi connectivity index (χ0n) is 14.0. The van der Waals surface area contributed by atoms with Crippen molar-refractivity contribution in [3.63, 3.8) is 0 Å². The van der Waals surface area contributed by atoms with E-state index < -0.39 is 15.8 Å². The van der Waals surface area contributed by atoms with Gasteiger partial charge in [0.25, 0.3) is 10.0 Å². The largest absolute Gasteiger partial charge is 0.312 e. The van der Waals surface area contributed by atoms with Crippen LogP contribution in [0.2, 0.25) is 0 Å². The molecule has 25 heavy (non-hydrogen) atoms. The molecule has 0 fully saturated rings. The predicted molar refractivity (Wildman–Crippen MR) is 94.7 cm³/mol. The molecule has 3 rings (SSSR count). The van der Waals surface area contributed by atoms with Gasteiger partial charge in [-0.05, 0) is 61.2 Å². The number of amides is 1. The fraction of sp³-hybridized carbons (Fsp3) is 0.278. The van der Waals surface area contributed by atoms with Crippen molar-refractivity contribution in [2.75, 3.05) is 16.2 Å². The zero-order valence-corrected chi connectivity index (χ0v) is 14.9. The predicted octanol–water partition coefficient (Wildman–Crippen LogP) is 3.23. The maximum absolute atomic E-state index is 13.9. The SMILES string of the molecule is CC(=O)N1CCCc2cc(S(=O)(=O)Nc3ccc(C)cc3F)ccc21. The van der Waals surface area contributed by atoms with E-state index in [4.69, 9.17) is 0 Å². The summed E-state index contributed by atoms with van der Waals surface area (Å²) in [5, 5.41) is 0. The second-order valence-electron chi connectivity index (χ2n) is 6.15. The smallest absolute Gasteiger partial charge is 0.261 e. The third kappa shape index (κ3) is 3.51. The summed E-state index contributed by atoms with van der Waals surface area (Å²) in [7, 11) is -3.91. The number of carbonyl (C=O) groups excluding carboxylic acids is 1. The number of sulfonamides is 1. The number of aryl methyl sites for hydroxylation is 2. The van der Waals surface area contributed by atoms with Crippen LogP contribution >= 0.6 is 0 Å². The molecule has 0 aliphatic carbocycles. The van der Waals surface area contributed by atoms with E-state index in [9.17, 15) is 17.6 Å². The van der Waals surface area contributed by atoms with Crippen molar-refractivity contribution in [3.05, 3.63) is 53.3 Å². The van der Waals surface area contributed by atoms with Gasteiger partial charge < -0.3 is 4.90 Å². The normalized spacial score (nSPS) is 14.1. The molecular weight excluding hydrogens is 343 g/mol. The number of anilines is 2. The summed E-state index contributed by atoms with van der Waals surface area (Å²) in [5.74, 6) is -0.694. The minimum Gasteiger partial charge on any atom is -0.312 e. The van der Waals surface area contributed by atoms with Crippen LogP contribution < -0.4 is 9.62 Å². The molecule has 2 aromatic rings. The maximum Gasteiger partial charge on any atom is 0.261 e. The number of rotatable bonds is 3. The zero-order chi connectivity index (χ0) is 18.2. The summed E-state index contributed by atoms with van der Waals surface area (Å²) in [6, 6.07) is 8.94. The molecular formula is C18H19FN2O3S. The molecule has 0 bridgehead atoms. The Hall–Kier alpha value is -2.41. The summed E-state index contributed by atoms with van der Waals surface area (Å²) in [5.41, 5.74) is 2.15. The standard InChI is InChI=1S/C18H19FN2O3S/c1-12-5-7-17(16(19)10-12)20-25(23,24)15-6-8-18-14(11-15)4-3-9-21(18)13(2)22/h5-8,10-11,20H,3-4,9H2,1-2H3. The van der Waals surface area contributed by atoms with Crippen LogP contribution in [0.4, 0.5) is 15.8 Å². The highest BCUT2D eigenvalue weighted by molar-refractivity contribution is 7.92. The molecule has 1 aliphatic heterocycles. The van der Waals surface area contributed by atoms with E-state index in [1.165, 1.54) is 25.1 Å². The van der Waals surface area contributed by atoms with Gasteiger partial charge in [-0.25, -0.2) is 12.8 Å². The first-order valence-electron chi connectivity index (χ1n) is 7.98. The number of hydrogen-bond donors (Lipinski definition) is 1. The molecule has 7 heteroatoms. The second-order valence-corrected chi connectivity index (χ2v) is 7.84. The van der Waals surface area contributed by atoms with Crippen molar-refractivity contribution >= 4 is 27.3 Å². The van der Waals surface area contributed by atoms with Crippen LogP contribution in [-0.4, -0.2) is 20.9 Å². The lowest BCUT2D eigenvalue weighted by Crippen LogP contribution is -2.33. The fourth-order valence-electron chi connectivity index (χ4n) is 2.97. The minimum absolute atomic E-state index is 0.0524. The Morgan fingerprint density at radius 3 is 2.64 bits per heavy atom. The number of halogens is 1. The number of fused-ring (bicyclic) bond motifs is 1. The molecule has 0 unspecified atom stereocenters. The number of nitrogens with one attached hydrogen (secondary N) is 1. The van der Waals surface area contributed by atoms with Gasteiger partial charge in [-0.3, -0.25) is 9.52 Å². The summed E-state index contributed by atoms with van der Waals surface area (Å²) in [4.78, 5) is 13.4. The topological polar surface area (TPSA) is 66.5 Å². The first-order chi connectivity index (χ1) is 11.8. The van der Waals surface area contributed by atoms with E-state index in [0.717, 1.165) is 17.7 Å². The molecule has 0 saturated carbocycles. The molecule has 1 aliphatic rings. The Bertz CT molecular complexity index is 941. The molecule has 1 N–H and O–H groups in total. The van der Waals surface area contributed by atoms with Crippen molar-refractivity contribution in [2.24, 2.45) is 0 Å². The molecule has 132 valence electrons. The van der Waals surface area contributed by atoms with Crippen molar-refractivity contribution in [2.45, 2.75) is 31.6 Å². The summed E-state index contributed by atoms with van der Waals surface area (Å²) >= 11 is 0. The average molecular weight is 362 g/mol.